The molecule has 2 aromatic carbocycles. The summed E-state index contributed by atoms with van der Waals surface area (Å²) in [4.78, 5) is 16.7. The molecule has 0 fully saturated rings. The van der Waals surface area contributed by atoms with Gasteiger partial charge in [-0.3, -0.25) is 4.79 Å². The molecule has 0 aliphatic rings. The molecule has 1 N–H and O–H groups in total. The average Bonchev–Trinajstić information content (AvgIpc) is 3.06. The Labute approximate surface area is 164 Å². The predicted molar refractivity (Wildman–Crippen MR) is 113 cm³/mol. The molecule has 1 atom stereocenters. The number of hydrogen-bond donors (Lipinski definition) is 1. The van der Waals surface area contributed by atoms with Crippen molar-refractivity contribution in [2.75, 3.05) is 11.9 Å². The van der Waals surface area contributed by atoms with Gasteiger partial charge in [-0.15, -0.1) is 0 Å². The topological polar surface area (TPSA) is 51.2 Å². The number of nitrogens with one attached hydrogen (secondary N) is 1. The highest BCUT2D eigenvalue weighted by molar-refractivity contribution is 7.22. The van der Waals surface area contributed by atoms with Crippen molar-refractivity contribution in [3.05, 3.63) is 53.6 Å². The van der Waals surface area contributed by atoms with Gasteiger partial charge in [0.05, 0.1) is 16.8 Å². The number of anilines is 1. The SMILES string of the molecule is CCC(C)c1ccc2nc(NC(=O)CCCOc3cccc(C)c3)sc2c1. The van der Waals surface area contributed by atoms with E-state index >= 15 is 0 Å². The maximum Gasteiger partial charge on any atom is 0.226 e. The molecule has 0 bridgehead atoms. The summed E-state index contributed by atoms with van der Waals surface area (Å²) >= 11 is 1.53. The molecule has 0 aliphatic heterocycles. The molecular formula is C22H26N2O2S. The number of ether oxygens (including phenoxy) is 1. The van der Waals surface area contributed by atoms with Gasteiger partial charge in [0.1, 0.15) is 5.75 Å². The molecule has 1 aromatic heterocycles. The molecule has 1 unspecified atom stereocenters. The number of thiazole rings is 1. The summed E-state index contributed by atoms with van der Waals surface area (Å²) < 4.78 is 6.81. The van der Waals surface area contributed by atoms with Gasteiger partial charge in [0.25, 0.3) is 0 Å². The van der Waals surface area contributed by atoms with Crippen molar-refractivity contribution in [2.24, 2.45) is 0 Å². The second kappa shape index (κ2) is 9.00. The molecule has 1 heterocycles. The zero-order valence-corrected chi connectivity index (χ0v) is 16.9. The van der Waals surface area contributed by atoms with Crippen LogP contribution in [0.2, 0.25) is 0 Å². The minimum absolute atomic E-state index is 0.0240. The number of carbonyl (C=O) groups is 1. The number of nitrogens with zero attached hydrogens (tertiary/aromatic N) is 1. The number of carbonyl (C=O) groups excluding carboxylic acids is 1. The van der Waals surface area contributed by atoms with E-state index in [0.717, 1.165) is 28.0 Å². The van der Waals surface area contributed by atoms with Gasteiger partial charge in [-0.1, -0.05) is 43.4 Å². The normalized spacial score (nSPS) is 12.1. The summed E-state index contributed by atoms with van der Waals surface area (Å²) in [5.74, 6) is 1.35. The van der Waals surface area contributed by atoms with Gasteiger partial charge in [-0.2, -0.15) is 0 Å². The van der Waals surface area contributed by atoms with Gasteiger partial charge in [-0.25, -0.2) is 4.98 Å². The van der Waals surface area contributed by atoms with Gasteiger partial charge < -0.3 is 10.1 Å². The lowest BCUT2D eigenvalue weighted by atomic mass is 9.99. The van der Waals surface area contributed by atoms with Crippen LogP contribution in [0, 0.1) is 6.92 Å². The Kier molecular flexibility index (Phi) is 6.45. The van der Waals surface area contributed by atoms with E-state index in [1.54, 1.807) is 0 Å². The van der Waals surface area contributed by atoms with Crippen molar-refractivity contribution in [1.82, 2.24) is 4.98 Å². The number of aromatic nitrogens is 1. The largest absolute Gasteiger partial charge is 0.494 e. The Morgan fingerprint density at radius 3 is 2.89 bits per heavy atom. The molecule has 0 saturated heterocycles. The summed E-state index contributed by atoms with van der Waals surface area (Å²) in [6, 6.07) is 14.3. The number of benzene rings is 2. The minimum atomic E-state index is -0.0240. The molecule has 142 valence electrons. The lowest BCUT2D eigenvalue weighted by Gasteiger charge is -2.07. The van der Waals surface area contributed by atoms with E-state index in [1.807, 2.05) is 37.3 Å². The number of hydrogen-bond acceptors (Lipinski definition) is 4. The van der Waals surface area contributed by atoms with E-state index in [-0.39, 0.29) is 5.91 Å². The van der Waals surface area contributed by atoms with Crippen LogP contribution in [0.1, 0.15) is 50.2 Å². The summed E-state index contributed by atoms with van der Waals surface area (Å²) in [5.41, 5.74) is 3.42. The molecule has 4 nitrogen and oxygen atoms in total. The molecule has 0 spiro atoms. The van der Waals surface area contributed by atoms with Gasteiger partial charge in [0.15, 0.2) is 5.13 Å². The quantitative estimate of drug-likeness (QED) is 0.492. The molecule has 5 heteroatoms. The third-order valence-electron chi connectivity index (χ3n) is 4.65. The number of aryl methyl sites for hydroxylation is 1. The molecule has 1 amide bonds. The van der Waals surface area contributed by atoms with Crippen LogP contribution in [0.3, 0.4) is 0 Å². The minimum Gasteiger partial charge on any atom is -0.494 e. The Bertz CT molecular complexity index is 920. The maximum absolute atomic E-state index is 12.2. The Hall–Kier alpha value is -2.40. The molecule has 0 radical (unpaired) electrons. The fourth-order valence-corrected chi connectivity index (χ4v) is 3.78. The van der Waals surface area contributed by atoms with E-state index in [0.29, 0.717) is 30.5 Å². The average molecular weight is 383 g/mol. The van der Waals surface area contributed by atoms with E-state index in [1.165, 1.54) is 16.9 Å². The predicted octanol–water partition coefficient (Wildman–Crippen LogP) is 5.92. The van der Waals surface area contributed by atoms with Gasteiger partial charge in [0, 0.05) is 6.42 Å². The van der Waals surface area contributed by atoms with Crippen LogP contribution in [-0.4, -0.2) is 17.5 Å². The molecule has 27 heavy (non-hydrogen) atoms. The molecule has 0 saturated carbocycles. The number of fused-ring (bicyclic) bond motifs is 1. The van der Waals surface area contributed by atoms with Crippen LogP contribution < -0.4 is 10.1 Å². The van der Waals surface area contributed by atoms with E-state index in [2.05, 4.69) is 36.3 Å². The zero-order valence-electron chi connectivity index (χ0n) is 16.1. The van der Waals surface area contributed by atoms with Crippen molar-refractivity contribution >= 4 is 32.6 Å². The monoisotopic (exact) mass is 382 g/mol. The lowest BCUT2D eigenvalue weighted by Crippen LogP contribution is -2.12. The van der Waals surface area contributed by atoms with Gasteiger partial charge in [0.2, 0.25) is 5.91 Å². The summed E-state index contributed by atoms with van der Waals surface area (Å²) in [7, 11) is 0. The first kappa shape index (κ1) is 19.4. The Balaban J connectivity index is 1.50. The lowest BCUT2D eigenvalue weighted by molar-refractivity contribution is -0.116. The van der Waals surface area contributed by atoms with Crippen molar-refractivity contribution < 1.29 is 9.53 Å². The Morgan fingerprint density at radius 2 is 2.11 bits per heavy atom. The van der Waals surface area contributed by atoms with Crippen molar-refractivity contribution in [2.45, 2.75) is 46.0 Å². The third kappa shape index (κ3) is 5.30. The first-order valence-corrected chi connectivity index (χ1v) is 10.3. The summed E-state index contributed by atoms with van der Waals surface area (Å²) in [5, 5.41) is 3.58. The molecule has 3 aromatic rings. The zero-order chi connectivity index (χ0) is 19.2. The van der Waals surface area contributed by atoms with Crippen LogP contribution in [0.4, 0.5) is 5.13 Å². The summed E-state index contributed by atoms with van der Waals surface area (Å²) in [6.45, 7) is 6.97. The van der Waals surface area contributed by atoms with E-state index in [4.69, 9.17) is 4.74 Å². The third-order valence-corrected chi connectivity index (χ3v) is 5.58. The first-order chi connectivity index (χ1) is 13.0. The summed E-state index contributed by atoms with van der Waals surface area (Å²) in [6.07, 6.45) is 2.20. The highest BCUT2D eigenvalue weighted by Gasteiger charge is 2.10. The van der Waals surface area contributed by atoms with Crippen LogP contribution in [0.15, 0.2) is 42.5 Å². The Morgan fingerprint density at radius 1 is 1.26 bits per heavy atom. The van der Waals surface area contributed by atoms with Crippen molar-refractivity contribution in [3.63, 3.8) is 0 Å². The highest BCUT2D eigenvalue weighted by atomic mass is 32.1. The maximum atomic E-state index is 12.2. The van der Waals surface area contributed by atoms with Gasteiger partial charge >= 0.3 is 0 Å². The van der Waals surface area contributed by atoms with Gasteiger partial charge in [-0.05, 0) is 61.1 Å². The van der Waals surface area contributed by atoms with Crippen molar-refractivity contribution in [3.8, 4) is 5.75 Å². The van der Waals surface area contributed by atoms with Crippen LogP contribution >= 0.6 is 11.3 Å². The standard InChI is InChI=1S/C22H26N2O2S/c1-4-16(3)17-10-11-19-20(14-17)27-22(23-19)24-21(25)9-6-12-26-18-8-5-7-15(2)13-18/h5,7-8,10-11,13-14,16H,4,6,9,12H2,1-3H3,(H,23,24,25). The first-order valence-electron chi connectivity index (χ1n) is 9.45. The number of amides is 1. The van der Waals surface area contributed by atoms with E-state index in [9.17, 15) is 4.79 Å². The van der Waals surface area contributed by atoms with E-state index < -0.39 is 0 Å². The molecular weight excluding hydrogens is 356 g/mol. The second-order valence-corrected chi connectivity index (χ2v) is 7.90. The molecule has 3 rings (SSSR count). The molecule has 0 aliphatic carbocycles. The van der Waals surface area contributed by atoms with Crippen LogP contribution in [0.5, 0.6) is 5.75 Å². The fourth-order valence-electron chi connectivity index (χ4n) is 2.85. The van der Waals surface area contributed by atoms with Crippen molar-refractivity contribution in [1.29, 1.82) is 0 Å². The highest BCUT2D eigenvalue weighted by Crippen LogP contribution is 2.30. The van der Waals surface area contributed by atoms with Crippen LogP contribution in [-0.2, 0) is 4.79 Å². The second-order valence-electron chi connectivity index (χ2n) is 6.87. The fraction of sp³-hybridized carbons (Fsp3) is 0.364. The smallest absolute Gasteiger partial charge is 0.226 e. The van der Waals surface area contributed by atoms with Crippen LogP contribution in [0.25, 0.3) is 10.2 Å². The number of rotatable bonds is 8.